The molecule has 0 radical (unpaired) electrons. The van der Waals surface area contributed by atoms with Gasteiger partial charge < -0.3 is 0 Å². The third-order valence-corrected chi connectivity index (χ3v) is 5.54. The average Bonchev–Trinajstić information content (AvgIpc) is 1.80. The van der Waals surface area contributed by atoms with Gasteiger partial charge in [-0.2, -0.15) is 0 Å². The summed E-state index contributed by atoms with van der Waals surface area (Å²) in [6.07, 6.45) is 2.20. The summed E-state index contributed by atoms with van der Waals surface area (Å²) >= 11 is -1.50. The van der Waals surface area contributed by atoms with Gasteiger partial charge in [0.25, 0.3) is 0 Å². The summed E-state index contributed by atoms with van der Waals surface area (Å²) in [5.41, 5.74) is 0. The maximum absolute atomic E-state index is 9.60. The van der Waals surface area contributed by atoms with Crippen molar-refractivity contribution in [2.45, 2.75) is 23.7 Å². The molecule has 0 amide bonds. The number of rotatable bonds is 5. The number of hydrogen-bond donors (Lipinski definition) is 0. The molecule has 0 heterocycles. The molecular weight excluding hydrogens is 311 g/mol. The molecule has 5 heteroatoms. The fourth-order valence-corrected chi connectivity index (χ4v) is 4.31. The van der Waals surface area contributed by atoms with E-state index >= 15 is 0 Å². The zero-order valence-corrected chi connectivity index (χ0v) is 11.0. The summed E-state index contributed by atoms with van der Waals surface area (Å²) in [5, 5.41) is 8.95. The summed E-state index contributed by atoms with van der Waals surface area (Å²) in [7, 11) is 0. The van der Waals surface area contributed by atoms with Crippen LogP contribution in [-0.2, 0) is 27.8 Å². The molecule has 9 heavy (non-hydrogen) atoms. The molecule has 0 atom stereocenters. The van der Waals surface area contributed by atoms with E-state index in [4.69, 9.17) is 0 Å². The minimum atomic E-state index is -1.50. The molecule has 0 saturated heterocycles. The quantitative estimate of drug-likeness (QED) is 0.333. The van der Waals surface area contributed by atoms with Crippen molar-refractivity contribution in [3.63, 3.8) is 0 Å². The molecule has 0 aromatic carbocycles. The summed E-state index contributed by atoms with van der Waals surface area (Å²) in [4.78, 5) is 9.60. The van der Waals surface area contributed by atoms with Gasteiger partial charge in [-0.15, -0.1) is 0 Å². The monoisotopic (exact) mass is 321 g/mol. The Balaban J connectivity index is 2.83. The standard InChI is InChI=1S/C4H9.Hg.NO3/c1-3-4-2;;2-1(3)4/h1,3-4H2,2H3;;/q;+1;-1. The third-order valence-electron chi connectivity index (χ3n) is 0.945. The Morgan fingerprint density at radius 2 is 2.44 bits per heavy atom. The first-order chi connectivity index (χ1) is 4.27. The van der Waals surface area contributed by atoms with Gasteiger partial charge >= 0.3 is 66.7 Å². The van der Waals surface area contributed by atoms with Gasteiger partial charge in [0, 0.05) is 0 Å². The Labute approximate surface area is 66.8 Å². The van der Waals surface area contributed by atoms with Crippen LogP contribution in [0.2, 0.25) is 3.93 Å². The molecule has 0 aliphatic heterocycles. The molecular formula is C4H9HgNO3. The topological polar surface area (TPSA) is 52.4 Å². The SMILES string of the molecule is CCC[CH2][Hg][O][N+](=O)[O-]. The number of nitrogens with zero attached hydrogens (tertiary/aromatic N) is 1. The van der Waals surface area contributed by atoms with Crippen molar-refractivity contribution in [2.24, 2.45) is 0 Å². The Hall–Kier alpha value is 0.135. The van der Waals surface area contributed by atoms with E-state index < -0.39 is 30.1 Å². The van der Waals surface area contributed by atoms with Gasteiger partial charge in [-0.3, -0.25) is 0 Å². The molecule has 0 aromatic heterocycles. The molecule has 0 rings (SSSR count). The van der Waals surface area contributed by atoms with Crippen molar-refractivity contribution in [3.05, 3.63) is 10.1 Å². The zero-order valence-electron chi connectivity index (χ0n) is 5.50. The molecule has 0 aliphatic rings. The number of unbranched alkanes of at least 4 members (excludes halogenated alkanes) is 1. The molecule has 50 valence electrons. The molecule has 0 bridgehead atoms. The zero-order chi connectivity index (χ0) is 7.11. The average molecular weight is 320 g/mol. The van der Waals surface area contributed by atoms with Gasteiger partial charge in [0.2, 0.25) is 0 Å². The van der Waals surface area contributed by atoms with Crippen LogP contribution in [0.3, 0.4) is 0 Å². The normalized spacial score (nSPS) is 8.11. The van der Waals surface area contributed by atoms with Gasteiger partial charge in [-0.1, -0.05) is 0 Å². The molecule has 4 nitrogen and oxygen atoms in total. The van der Waals surface area contributed by atoms with Crippen LogP contribution < -0.4 is 0 Å². The summed E-state index contributed by atoms with van der Waals surface area (Å²) < 4.78 is 5.29. The third kappa shape index (κ3) is 8.14. The first-order valence-corrected chi connectivity index (χ1v) is 9.18. The first kappa shape index (κ1) is 9.14. The van der Waals surface area contributed by atoms with Crippen molar-refractivity contribution >= 4 is 0 Å². The van der Waals surface area contributed by atoms with E-state index in [0.29, 0.717) is 0 Å². The van der Waals surface area contributed by atoms with Crippen molar-refractivity contribution < 1.29 is 32.9 Å². The van der Waals surface area contributed by atoms with E-state index in [2.05, 4.69) is 9.67 Å². The molecule has 0 spiro atoms. The fraction of sp³-hybridized carbons (Fsp3) is 1.00. The van der Waals surface area contributed by atoms with E-state index in [1.54, 1.807) is 0 Å². The summed E-state index contributed by atoms with van der Waals surface area (Å²) in [5.74, 6) is 0. The summed E-state index contributed by atoms with van der Waals surface area (Å²) in [6, 6.07) is 0. The van der Waals surface area contributed by atoms with Crippen LogP contribution in [-0.4, -0.2) is 5.09 Å². The minimum absolute atomic E-state index is 0.656. The van der Waals surface area contributed by atoms with Crippen molar-refractivity contribution in [3.8, 4) is 0 Å². The van der Waals surface area contributed by atoms with Crippen LogP contribution in [0.5, 0.6) is 0 Å². The molecule has 0 aromatic rings. The van der Waals surface area contributed by atoms with E-state index in [0.717, 1.165) is 16.8 Å². The first-order valence-electron chi connectivity index (χ1n) is 3.04. The van der Waals surface area contributed by atoms with Gasteiger partial charge in [0.15, 0.2) is 0 Å². The van der Waals surface area contributed by atoms with Gasteiger partial charge in [-0.05, 0) is 0 Å². The van der Waals surface area contributed by atoms with Gasteiger partial charge in [0.1, 0.15) is 0 Å². The molecule has 0 fully saturated rings. The Morgan fingerprint density at radius 3 is 2.89 bits per heavy atom. The summed E-state index contributed by atoms with van der Waals surface area (Å²) in [6.45, 7) is 2.07. The molecule has 0 unspecified atom stereocenters. The maximum atomic E-state index is 9.60. The van der Waals surface area contributed by atoms with Crippen LogP contribution in [0.4, 0.5) is 0 Å². The molecule has 0 aliphatic carbocycles. The van der Waals surface area contributed by atoms with E-state index in [9.17, 15) is 10.1 Å². The van der Waals surface area contributed by atoms with Gasteiger partial charge in [0.05, 0.1) is 0 Å². The Morgan fingerprint density at radius 1 is 1.78 bits per heavy atom. The van der Waals surface area contributed by atoms with Gasteiger partial charge in [-0.25, -0.2) is 0 Å². The van der Waals surface area contributed by atoms with E-state index in [-0.39, 0.29) is 0 Å². The van der Waals surface area contributed by atoms with E-state index in [1.165, 1.54) is 0 Å². The predicted octanol–water partition coefficient (Wildman–Crippen LogP) is 1.41. The number of hydrogen-bond acceptors (Lipinski definition) is 3. The second kappa shape index (κ2) is 6.26. The van der Waals surface area contributed by atoms with Crippen LogP contribution in [0.15, 0.2) is 0 Å². The van der Waals surface area contributed by atoms with Crippen molar-refractivity contribution in [1.29, 1.82) is 0 Å². The second-order valence-corrected chi connectivity index (χ2v) is 7.10. The van der Waals surface area contributed by atoms with Crippen LogP contribution in [0, 0.1) is 10.1 Å². The Kier molecular flexibility index (Phi) is 6.35. The Bertz CT molecular complexity index is 87.9. The molecule has 0 saturated carbocycles. The van der Waals surface area contributed by atoms with E-state index in [1.807, 2.05) is 0 Å². The van der Waals surface area contributed by atoms with Crippen molar-refractivity contribution in [2.75, 3.05) is 0 Å². The van der Waals surface area contributed by atoms with Crippen molar-refractivity contribution in [1.82, 2.24) is 0 Å². The predicted molar refractivity (Wildman–Crippen MR) is 27.8 cm³/mol. The van der Waals surface area contributed by atoms with Crippen LogP contribution >= 0.6 is 0 Å². The molecule has 0 N–H and O–H groups in total. The van der Waals surface area contributed by atoms with Crippen LogP contribution in [0.25, 0.3) is 0 Å². The second-order valence-electron chi connectivity index (χ2n) is 1.76. The van der Waals surface area contributed by atoms with Crippen LogP contribution in [0.1, 0.15) is 19.8 Å². The fourth-order valence-electron chi connectivity index (χ4n) is 0.491.